The summed E-state index contributed by atoms with van der Waals surface area (Å²) in [6.07, 6.45) is 0. The third kappa shape index (κ3) is 179. The van der Waals surface area contributed by atoms with Gasteiger partial charge in [0, 0.05) is 0 Å². The first-order chi connectivity index (χ1) is 5.24. The molecular formula is C7H18O4. The molecule has 4 heteroatoms. The van der Waals surface area contributed by atoms with E-state index in [1.165, 1.54) is 7.11 Å². The quantitative estimate of drug-likeness (QED) is 0.460. The van der Waals surface area contributed by atoms with Gasteiger partial charge in [-0.25, -0.2) is 20.0 Å². The van der Waals surface area contributed by atoms with Crippen LogP contribution in [0.15, 0.2) is 0 Å². The molecule has 4 nitrogen and oxygen atoms in total. The Balaban J connectivity index is -0.0000000933. The second-order valence-corrected chi connectivity index (χ2v) is 1.15. The van der Waals surface area contributed by atoms with Crippen molar-refractivity contribution in [2.45, 2.75) is 20.8 Å². The van der Waals surface area contributed by atoms with E-state index in [0.29, 0.717) is 6.61 Å². The topological polar surface area (TPSA) is 58.3 Å². The first kappa shape index (κ1) is 17.1. The van der Waals surface area contributed by atoms with E-state index in [1.807, 2.05) is 6.92 Å². The Morgan fingerprint density at radius 1 is 1.00 bits per heavy atom. The van der Waals surface area contributed by atoms with Crippen molar-refractivity contribution in [3.63, 3.8) is 0 Å². The van der Waals surface area contributed by atoms with Gasteiger partial charge in [-0.2, -0.15) is 0 Å². The van der Waals surface area contributed by atoms with Crippen molar-refractivity contribution in [1.29, 1.82) is 0 Å². The molecule has 2 radical (unpaired) electrons. The van der Waals surface area contributed by atoms with Gasteiger partial charge in [0.2, 0.25) is 0 Å². The first-order valence-corrected chi connectivity index (χ1v) is 3.56. The number of rotatable bonds is 2. The van der Waals surface area contributed by atoms with E-state index in [1.54, 1.807) is 13.8 Å². The van der Waals surface area contributed by atoms with Crippen molar-refractivity contribution in [3.8, 4) is 0 Å². The fourth-order valence-corrected chi connectivity index (χ4v) is 0.118. The summed E-state index contributed by atoms with van der Waals surface area (Å²) in [5, 5.41) is 17.9. The van der Waals surface area contributed by atoms with Crippen molar-refractivity contribution in [3.05, 3.63) is 0 Å². The van der Waals surface area contributed by atoms with Crippen LogP contribution in [0.1, 0.15) is 20.8 Å². The lowest BCUT2D eigenvalue weighted by atomic mass is 10.9. The van der Waals surface area contributed by atoms with Gasteiger partial charge in [-0.05, 0) is 20.8 Å². The van der Waals surface area contributed by atoms with E-state index < -0.39 is 0 Å². The summed E-state index contributed by atoms with van der Waals surface area (Å²) >= 11 is 0. The van der Waals surface area contributed by atoms with E-state index in [4.69, 9.17) is 10.2 Å². The zero-order valence-electron chi connectivity index (χ0n) is 7.75. The molecule has 0 heterocycles. The van der Waals surface area contributed by atoms with E-state index in [2.05, 4.69) is 9.78 Å². The standard InChI is InChI=1S/C3H8O2.2C2H5O/c1-3-5-4-2;2*1-2-3/h3H2,1-2H3;2*2H2,1H3. The summed E-state index contributed by atoms with van der Waals surface area (Å²) in [6.45, 7) is 5.62. The van der Waals surface area contributed by atoms with Crippen LogP contribution < -0.4 is 0 Å². The van der Waals surface area contributed by atoms with Crippen molar-refractivity contribution in [2.24, 2.45) is 0 Å². The Labute approximate surface area is 68.7 Å². The van der Waals surface area contributed by atoms with Crippen LogP contribution in [0.3, 0.4) is 0 Å². The number of hydrogen-bond acceptors (Lipinski definition) is 2. The highest BCUT2D eigenvalue weighted by molar-refractivity contribution is 3.90. The summed E-state index contributed by atoms with van der Waals surface area (Å²) in [5.41, 5.74) is 0. The molecule has 0 fully saturated rings. The molecule has 0 aliphatic heterocycles. The van der Waals surface area contributed by atoms with Crippen LogP contribution in [-0.4, -0.2) is 26.9 Å². The predicted molar refractivity (Wildman–Crippen MR) is 41.1 cm³/mol. The molecule has 0 rings (SSSR count). The van der Waals surface area contributed by atoms with Crippen molar-refractivity contribution >= 4 is 0 Å². The van der Waals surface area contributed by atoms with Crippen molar-refractivity contribution in [2.75, 3.05) is 26.9 Å². The van der Waals surface area contributed by atoms with Crippen LogP contribution in [0.4, 0.5) is 0 Å². The predicted octanol–water partition coefficient (Wildman–Crippen LogP) is 1.46. The minimum Gasteiger partial charge on any atom is -0.240 e. The van der Waals surface area contributed by atoms with Gasteiger partial charge in [-0.3, -0.25) is 0 Å². The van der Waals surface area contributed by atoms with Gasteiger partial charge in [0.05, 0.1) is 26.9 Å². The molecule has 0 aliphatic rings. The molecule has 0 N–H and O–H groups in total. The normalized spacial score (nSPS) is 7.09. The van der Waals surface area contributed by atoms with Gasteiger partial charge in [-0.1, -0.05) is 0 Å². The van der Waals surface area contributed by atoms with Crippen LogP contribution >= 0.6 is 0 Å². The van der Waals surface area contributed by atoms with Crippen LogP contribution in [-0.2, 0) is 20.0 Å². The lowest BCUT2D eigenvalue weighted by Crippen LogP contribution is -1.83. The van der Waals surface area contributed by atoms with Crippen molar-refractivity contribution in [1.82, 2.24) is 0 Å². The largest absolute Gasteiger partial charge is 0.240 e. The van der Waals surface area contributed by atoms with E-state index in [9.17, 15) is 0 Å². The maximum absolute atomic E-state index is 8.93. The zero-order valence-corrected chi connectivity index (χ0v) is 7.75. The number of hydrogen-bond donors (Lipinski definition) is 0. The SMILES string of the molecule is CCOOC.CC[O].CC[O]. The van der Waals surface area contributed by atoms with Gasteiger partial charge < -0.3 is 0 Å². The smallest absolute Gasteiger partial charge is 0.0794 e. The maximum atomic E-state index is 8.93. The van der Waals surface area contributed by atoms with Gasteiger partial charge in [0.1, 0.15) is 0 Å². The molecule has 0 bridgehead atoms. The van der Waals surface area contributed by atoms with Gasteiger partial charge >= 0.3 is 0 Å². The second-order valence-electron chi connectivity index (χ2n) is 1.15. The van der Waals surface area contributed by atoms with Gasteiger partial charge in [0.15, 0.2) is 0 Å². The highest BCUT2D eigenvalue weighted by Gasteiger charge is 1.63. The Hall–Kier alpha value is -0.160. The van der Waals surface area contributed by atoms with Crippen LogP contribution in [0, 0.1) is 0 Å². The minimum atomic E-state index is 0. The highest BCUT2D eigenvalue weighted by atomic mass is 17.2. The van der Waals surface area contributed by atoms with E-state index in [-0.39, 0.29) is 13.2 Å². The van der Waals surface area contributed by atoms with E-state index in [0.717, 1.165) is 0 Å². The Bertz CT molecular complexity index is 29.6. The second kappa shape index (κ2) is 32.8. The van der Waals surface area contributed by atoms with Gasteiger partial charge in [-0.15, -0.1) is 0 Å². The van der Waals surface area contributed by atoms with E-state index >= 15 is 0 Å². The molecule has 0 saturated carbocycles. The molecule has 0 aliphatic carbocycles. The van der Waals surface area contributed by atoms with Crippen LogP contribution in [0.5, 0.6) is 0 Å². The molecule has 0 saturated heterocycles. The summed E-state index contributed by atoms with van der Waals surface area (Å²) in [6, 6.07) is 0. The zero-order chi connectivity index (χ0) is 9.54. The fourth-order valence-electron chi connectivity index (χ4n) is 0.118. The molecule has 0 aromatic heterocycles. The van der Waals surface area contributed by atoms with Gasteiger partial charge in [0.25, 0.3) is 0 Å². The average molecular weight is 166 g/mol. The molecular weight excluding hydrogens is 148 g/mol. The Morgan fingerprint density at radius 3 is 1.27 bits per heavy atom. The molecule has 70 valence electrons. The van der Waals surface area contributed by atoms with Crippen LogP contribution in [0.25, 0.3) is 0 Å². The molecule has 0 atom stereocenters. The fraction of sp³-hybridized carbons (Fsp3) is 1.00. The molecule has 0 spiro atoms. The summed E-state index contributed by atoms with van der Waals surface area (Å²) in [4.78, 5) is 8.52. The Morgan fingerprint density at radius 2 is 1.27 bits per heavy atom. The monoisotopic (exact) mass is 166 g/mol. The molecule has 11 heavy (non-hydrogen) atoms. The minimum absolute atomic E-state index is 0. The molecule has 0 aromatic carbocycles. The lowest BCUT2D eigenvalue weighted by molar-refractivity contribution is -0.268. The first-order valence-electron chi connectivity index (χ1n) is 3.56. The maximum Gasteiger partial charge on any atom is 0.0794 e. The Kier molecular flexibility index (Phi) is 51.0. The summed E-state index contributed by atoms with van der Waals surface area (Å²) in [5.74, 6) is 0. The third-order valence-corrected chi connectivity index (χ3v) is 0.236. The van der Waals surface area contributed by atoms with Crippen LogP contribution in [0.2, 0.25) is 0 Å². The average Bonchev–Trinajstić information content (AvgIpc) is 1.92. The molecule has 0 unspecified atom stereocenters. The third-order valence-electron chi connectivity index (χ3n) is 0.236. The highest BCUT2D eigenvalue weighted by Crippen LogP contribution is 1.64. The summed E-state index contributed by atoms with van der Waals surface area (Å²) < 4.78 is 0. The molecule has 0 aromatic rings. The lowest BCUT2D eigenvalue weighted by Gasteiger charge is -1.86. The molecule has 0 amide bonds. The summed E-state index contributed by atoms with van der Waals surface area (Å²) in [7, 11) is 1.49. The van der Waals surface area contributed by atoms with Crippen molar-refractivity contribution < 1.29 is 20.0 Å².